The first-order chi connectivity index (χ1) is 9.91. The Hall–Kier alpha value is -0.920. The van der Waals surface area contributed by atoms with Gasteiger partial charge in [0.1, 0.15) is 12.0 Å². The van der Waals surface area contributed by atoms with E-state index in [4.69, 9.17) is 4.74 Å². The van der Waals surface area contributed by atoms with Gasteiger partial charge in [0.25, 0.3) is 5.92 Å². The Morgan fingerprint density at radius 2 is 1.64 bits per heavy atom. The lowest BCUT2D eigenvalue weighted by molar-refractivity contribution is -0.176. The summed E-state index contributed by atoms with van der Waals surface area (Å²) in [6, 6.07) is 0. The molecule has 1 aliphatic heterocycles. The molecule has 0 aromatic carbocycles. The molecule has 0 radical (unpaired) electrons. The van der Waals surface area contributed by atoms with E-state index in [2.05, 4.69) is 5.32 Å². The summed E-state index contributed by atoms with van der Waals surface area (Å²) in [4.78, 5) is 11.6. The van der Waals surface area contributed by atoms with Crippen molar-refractivity contribution in [2.45, 2.75) is 63.7 Å². The molecule has 8 heteroatoms. The monoisotopic (exact) mass is 331 g/mol. The second-order valence-corrected chi connectivity index (χ2v) is 6.25. The van der Waals surface area contributed by atoms with Gasteiger partial charge in [-0.3, -0.25) is 4.79 Å². The van der Waals surface area contributed by atoms with E-state index in [1.54, 1.807) is 13.8 Å². The molecule has 3 nitrogen and oxygen atoms in total. The fourth-order valence-corrected chi connectivity index (χ4v) is 2.55. The Morgan fingerprint density at radius 1 is 1.09 bits per heavy atom. The smallest absolute Gasteiger partial charge is 0.389 e. The minimum atomic E-state index is -4.66. The first-order valence-electron chi connectivity index (χ1n) is 7.28. The third-order valence-electron chi connectivity index (χ3n) is 3.88. The Labute approximate surface area is 126 Å². The highest BCUT2D eigenvalue weighted by Gasteiger charge is 2.41. The molecule has 1 heterocycles. The topological polar surface area (TPSA) is 38.3 Å². The summed E-state index contributed by atoms with van der Waals surface area (Å²) in [5.74, 6) is -4.83. The quantitative estimate of drug-likeness (QED) is 0.596. The van der Waals surface area contributed by atoms with Crippen LogP contribution in [0.25, 0.3) is 0 Å². The number of nitrogens with one attached hydrogen (secondary N) is 1. The fraction of sp³-hybridized carbons (Fsp3) is 0.929. The molecular weight excluding hydrogens is 309 g/mol. The number of halogens is 5. The average Bonchev–Trinajstić information content (AvgIpc) is 2.35. The van der Waals surface area contributed by atoms with Crippen molar-refractivity contribution in [1.29, 1.82) is 0 Å². The van der Waals surface area contributed by atoms with E-state index in [0.717, 1.165) is 25.9 Å². The number of esters is 1. The Kier molecular flexibility index (Phi) is 6.18. The highest BCUT2D eigenvalue weighted by molar-refractivity contribution is 5.71. The number of piperidine rings is 1. The van der Waals surface area contributed by atoms with Crippen molar-refractivity contribution in [2.24, 2.45) is 5.92 Å². The summed E-state index contributed by atoms with van der Waals surface area (Å²) in [6.07, 6.45) is -7.50. The van der Waals surface area contributed by atoms with Gasteiger partial charge in [0.15, 0.2) is 0 Å². The van der Waals surface area contributed by atoms with Gasteiger partial charge in [-0.1, -0.05) is 0 Å². The van der Waals surface area contributed by atoms with Gasteiger partial charge in [-0.2, -0.15) is 13.2 Å². The molecule has 0 saturated carbocycles. The van der Waals surface area contributed by atoms with E-state index in [-0.39, 0.29) is 5.92 Å². The summed E-state index contributed by atoms with van der Waals surface area (Å²) in [7, 11) is 0. The lowest BCUT2D eigenvalue weighted by atomic mass is 9.83. The molecule has 0 aromatic heterocycles. The van der Waals surface area contributed by atoms with Crippen molar-refractivity contribution in [3.63, 3.8) is 0 Å². The minimum Gasteiger partial charge on any atom is -0.459 e. The van der Waals surface area contributed by atoms with Gasteiger partial charge in [0.2, 0.25) is 0 Å². The largest absolute Gasteiger partial charge is 0.459 e. The van der Waals surface area contributed by atoms with Crippen molar-refractivity contribution in [1.82, 2.24) is 5.32 Å². The molecule has 1 N–H and O–H groups in total. The van der Waals surface area contributed by atoms with Gasteiger partial charge < -0.3 is 10.1 Å². The van der Waals surface area contributed by atoms with Crippen LogP contribution in [0.1, 0.15) is 46.0 Å². The van der Waals surface area contributed by atoms with Crippen LogP contribution in [-0.2, 0) is 9.53 Å². The third kappa shape index (κ3) is 6.89. The normalized spacial score (nSPS) is 18.3. The van der Waals surface area contributed by atoms with Gasteiger partial charge >= 0.3 is 12.1 Å². The molecule has 0 amide bonds. The van der Waals surface area contributed by atoms with Crippen LogP contribution in [0.2, 0.25) is 0 Å². The zero-order valence-corrected chi connectivity index (χ0v) is 12.7. The summed E-state index contributed by atoms with van der Waals surface area (Å²) in [5.41, 5.74) is -0.903. The lowest BCUT2D eigenvalue weighted by Gasteiger charge is -2.37. The number of carbonyl (C=O) groups excluding carboxylic acids is 1. The van der Waals surface area contributed by atoms with Gasteiger partial charge in [-0.05, 0) is 39.8 Å². The highest BCUT2D eigenvalue weighted by atomic mass is 19.4. The fourth-order valence-electron chi connectivity index (χ4n) is 2.55. The molecule has 0 bridgehead atoms. The molecule has 1 aliphatic rings. The number of carbonyl (C=O) groups is 1. The predicted octanol–water partition coefficient (Wildman–Crippen LogP) is 3.68. The molecule has 1 fully saturated rings. The zero-order chi connectivity index (χ0) is 17.0. The molecule has 0 atom stereocenters. The van der Waals surface area contributed by atoms with Crippen LogP contribution in [0.3, 0.4) is 0 Å². The molecule has 130 valence electrons. The second-order valence-electron chi connectivity index (χ2n) is 6.25. The first kappa shape index (κ1) is 19.1. The number of hydrogen-bond acceptors (Lipinski definition) is 3. The van der Waals surface area contributed by atoms with Gasteiger partial charge in [-0.25, -0.2) is 8.78 Å². The Morgan fingerprint density at radius 3 is 2.14 bits per heavy atom. The highest BCUT2D eigenvalue weighted by Crippen LogP contribution is 2.34. The maximum atomic E-state index is 13.4. The molecule has 22 heavy (non-hydrogen) atoms. The van der Waals surface area contributed by atoms with Gasteiger partial charge in [-0.15, -0.1) is 0 Å². The maximum absolute atomic E-state index is 13.4. The van der Waals surface area contributed by atoms with E-state index >= 15 is 0 Å². The van der Waals surface area contributed by atoms with Crippen LogP contribution >= 0.6 is 0 Å². The molecule has 0 spiro atoms. The predicted molar refractivity (Wildman–Crippen MR) is 70.6 cm³/mol. The maximum Gasteiger partial charge on any atom is 0.389 e. The summed E-state index contributed by atoms with van der Waals surface area (Å²) < 4.78 is 67.9. The lowest BCUT2D eigenvalue weighted by Crippen LogP contribution is -2.43. The molecule has 1 saturated heterocycles. The zero-order valence-electron chi connectivity index (χ0n) is 12.7. The molecule has 0 aliphatic carbocycles. The summed E-state index contributed by atoms with van der Waals surface area (Å²) >= 11 is 0. The molecule has 1 rings (SSSR count). The summed E-state index contributed by atoms with van der Waals surface area (Å²) in [6.45, 7) is 4.81. The van der Waals surface area contributed by atoms with E-state index in [9.17, 15) is 26.7 Å². The number of rotatable bonds is 6. The van der Waals surface area contributed by atoms with Crippen LogP contribution in [0.5, 0.6) is 0 Å². The Balaban J connectivity index is 2.49. The molecule has 0 unspecified atom stereocenters. The van der Waals surface area contributed by atoms with Crippen molar-refractivity contribution in [3.8, 4) is 0 Å². The average molecular weight is 331 g/mol. The van der Waals surface area contributed by atoms with Gasteiger partial charge in [0.05, 0.1) is 0 Å². The van der Waals surface area contributed by atoms with E-state index in [0.29, 0.717) is 0 Å². The molecular formula is C14H22F5NO2. The molecule has 0 aromatic rings. The van der Waals surface area contributed by atoms with Crippen molar-refractivity contribution in [2.75, 3.05) is 13.1 Å². The van der Waals surface area contributed by atoms with Crippen molar-refractivity contribution >= 4 is 5.97 Å². The van der Waals surface area contributed by atoms with Crippen LogP contribution in [0, 0.1) is 5.92 Å². The van der Waals surface area contributed by atoms with E-state index in [1.165, 1.54) is 0 Å². The number of hydrogen-bond donors (Lipinski definition) is 1. The first-order valence-corrected chi connectivity index (χ1v) is 7.28. The minimum absolute atomic E-state index is 0.0431. The van der Waals surface area contributed by atoms with Crippen molar-refractivity contribution in [3.05, 3.63) is 0 Å². The van der Waals surface area contributed by atoms with E-state index < -0.39 is 42.9 Å². The van der Waals surface area contributed by atoms with Crippen LogP contribution in [-0.4, -0.2) is 36.8 Å². The summed E-state index contributed by atoms with van der Waals surface area (Å²) in [5, 5.41) is 3.14. The SMILES string of the molecule is CC(C)(OC(=O)CC(F)(F)CCC(F)(F)F)C1CCNCC1. The number of ether oxygens (including phenoxy) is 1. The van der Waals surface area contributed by atoms with Crippen LogP contribution < -0.4 is 5.32 Å². The van der Waals surface area contributed by atoms with Crippen molar-refractivity contribution < 1.29 is 31.5 Å². The third-order valence-corrected chi connectivity index (χ3v) is 3.88. The van der Waals surface area contributed by atoms with E-state index in [1.807, 2.05) is 0 Å². The van der Waals surface area contributed by atoms with Crippen LogP contribution in [0.4, 0.5) is 22.0 Å². The van der Waals surface area contributed by atoms with Gasteiger partial charge in [0, 0.05) is 18.8 Å². The Bertz CT molecular complexity index is 376. The van der Waals surface area contributed by atoms with Crippen LogP contribution in [0.15, 0.2) is 0 Å². The standard InChI is InChI=1S/C14H22F5NO2/c1-12(2,10-3-7-20-8-4-10)22-11(21)9-13(15,16)5-6-14(17,18)19/h10,20H,3-9H2,1-2H3. The second kappa shape index (κ2) is 7.10. The number of alkyl halides is 5.